The summed E-state index contributed by atoms with van der Waals surface area (Å²) in [4.78, 5) is 33.5. The van der Waals surface area contributed by atoms with Gasteiger partial charge < -0.3 is 19.3 Å². The number of nitrogens with zero attached hydrogens (tertiary/aromatic N) is 2. The van der Waals surface area contributed by atoms with E-state index >= 15 is 0 Å². The van der Waals surface area contributed by atoms with Crippen LogP contribution in [0.2, 0.25) is 0 Å². The van der Waals surface area contributed by atoms with E-state index < -0.39 is 23.4 Å². The number of rotatable bonds is 11. The molecule has 180 valence electrons. The lowest BCUT2D eigenvalue weighted by Gasteiger charge is -2.13. The summed E-state index contributed by atoms with van der Waals surface area (Å²) in [5.41, 5.74) is 3.45. The number of nitro benzene ring substituents is 1. The van der Waals surface area contributed by atoms with Crippen LogP contribution < -0.4 is 19.6 Å². The summed E-state index contributed by atoms with van der Waals surface area (Å²) < 4.78 is 16.4. The van der Waals surface area contributed by atoms with Crippen LogP contribution in [0.3, 0.4) is 0 Å². The predicted molar refractivity (Wildman–Crippen MR) is 125 cm³/mol. The lowest BCUT2D eigenvalue weighted by molar-refractivity contribution is -0.385. The van der Waals surface area contributed by atoms with Crippen LogP contribution in [0.25, 0.3) is 0 Å². The Balaban J connectivity index is 1.63. The number of hydrogen-bond donors (Lipinski definition) is 2. The molecular weight excluding hydrogens is 458 g/mol. The standard InChI is InChI=1S/C24H21N3O8/c1-33-21-8-4-5-18(23(21)35-14-16-9-11-17(12-10-16)24(29)30)13-25-26-22(28)15-34-20-7-3-2-6-19(20)27(31)32/h2-13H,14-15H2,1H3,(H,26,28)(H,29,30)/b25-13+. The fourth-order valence-electron chi connectivity index (χ4n) is 2.93. The number of carboxylic acid groups (broad SMARTS) is 1. The van der Waals surface area contributed by atoms with Crippen molar-refractivity contribution in [1.29, 1.82) is 0 Å². The van der Waals surface area contributed by atoms with Crippen molar-refractivity contribution in [3.05, 3.63) is 93.5 Å². The van der Waals surface area contributed by atoms with Gasteiger partial charge >= 0.3 is 11.7 Å². The van der Waals surface area contributed by atoms with Crippen LogP contribution in [0, 0.1) is 10.1 Å². The predicted octanol–water partition coefficient (Wildman–Crippen LogP) is 3.41. The van der Waals surface area contributed by atoms with Gasteiger partial charge in [-0.05, 0) is 35.9 Å². The van der Waals surface area contributed by atoms with E-state index in [9.17, 15) is 19.7 Å². The number of hydrogen-bond acceptors (Lipinski definition) is 8. The van der Waals surface area contributed by atoms with Crippen molar-refractivity contribution in [1.82, 2.24) is 5.43 Å². The molecule has 0 unspecified atom stereocenters. The first-order chi connectivity index (χ1) is 16.9. The first-order valence-electron chi connectivity index (χ1n) is 10.2. The average Bonchev–Trinajstić information content (AvgIpc) is 2.86. The summed E-state index contributed by atoms with van der Waals surface area (Å²) in [5, 5.41) is 23.9. The highest BCUT2D eigenvalue weighted by Crippen LogP contribution is 2.31. The molecule has 0 aliphatic carbocycles. The minimum absolute atomic E-state index is 0.0310. The van der Waals surface area contributed by atoms with Crippen molar-refractivity contribution in [3.63, 3.8) is 0 Å². The van der Waals surface area contributed by atoms with Crippen molar-refractivity contribution in [2.45, 2.75) is 6.61 Å². The van der Waals surface area contributed by atoms with E-state index in [0.29, 0.717) is 17.1 Å². The van der Waals surface area contributed by atoms with Gasteiger partial charge in [-0.3, -0.25) is 14.9 Å². The smallest absolute Gasteiger partial charge is 0.335 e. The van der Waals surface area contributed by atoms with Crippen LogP contribution in [-0.2, 0) is 11.4 Å². The summed E-state index contributed by atoms with van der Waals surface area (Å²) in [6.07, 6.45) is 1.36. The minimum atomic E-state index is -1.02. The van der Waals surface area contributed by atoms with Crippen LogP contribution in [0.1, 0.15) is 21.5 Å². The average molecular weight is 479 g/mol. The molecule has 1 amide bonds. The Kier molecular flexibility index (Phi) is 8.33. The van der Waals surface area contributed by atoms with Crippen molar-refractivity contribution in [2.24, 2.45) is 5.10 Å². The van der Waals surface area contributed by atoms with E-state index in [2.05, 4.69) is 10.5 Å². The van der Waals surface area contributed by atoms with E-state index in [4.69, 9.17) is 19.3 Å². The number of methoxy groups -OCH3 is 1. The van der Waals surface area contributed by atoms with E-state index in [1.807, 2.05) is 0 Å². The van der Waals surface area contributed by atoms with Crippen molar-refractivity contribution < 1.29 is 33.8 Å². The van der Waals surface area contributed by atoms with Gasteiger partial charge in [-0.15, -0.1) is 0 Å². The number of ether oxygens (including phenoxy) is 3. The van der Waals surface area contributed by atoms with Crippen LogP contribution in [0.4, 0.5) is 5.69 Å². The molecule has 0 atom stereocenters. The minimum Gasteiger partial charge on any atom is -0.493 e. The van der Waals surface area contributed by atoms with Gasteiger partial charge in [0, 0.05) is 11.6 Å². The number of nitro groups is 1. The van der Waals surface area contributed by atoms with Crippen LogP contribution >= 0.6 is 0 Å². The monoisotopic (exact) mass is 479 g/mol. The second-order valence-corrected chi connectivity index (χ2v) is 6.98. The van der Waals surface area contributed by atoms with Gasteiger partial charge in [0.2, 0.25) is 0 Å². The van der Waals surface area contributed by atoms with Crippen molar-refractivity contribution in [3.8, 4) is 17.2 Å². The summed E-state index contributed by atoms with van der Waals surface area (Å²) in [5.74, 6) is -0.872. The zero-order valence-electron chi connectivity index (χ0n) is 18.5. The fraction of sp³-hybridized carbons (Fsp3) is 0.125. The van der Waals surface area contributed by atoms with E-state index in [1.54, 1.807) is 36.4 Å². The third kappa shape index (κ3) is 6.78. The largest absolute Gasteiger partial charge is 0.493 e. The van der Waals surface area contributed by atoms with Crippen LogP contribution in [0.15, 0.2) is 71.8 Å². The fourth-order valence-corrected chi connectivity index (χ4v) is 2.93. The Hall–Kier alpha value is -4.93. The van der Waals surface area contributed by atoms with Gasteiger partial charge in [0.15, 0.2) is 23.9 Å². The third-order valence-corrected chi connectivity index (χ3v) is 4.63. The number of carbonyl (C=O) groups is 2. The number of carbonyl (C=O) groups excluding carboxylic acids is 1. The quantitative estimate of drug-likeness (QED) is 0.241. The zero-order chi connectivity index (χ0) is 25.2. The molecule has 11 heteroatoms. The molecule has 0 heterocycles. The SMILES string of the molecule is COc1cccc(/C=N/NC(=O)COc2ccccc2[N+](=O)[O-])c1OCc1ccc(C(=O)O)cc1. The van der Waals surface area contributed by atoms with Gasteiger partial charge in [-0.1, -0.05) is 30.3 Å². The Morgan fingerprint density at radius 1 is 1.03 bits per heavy atom. The molecule has 0 radical (unpaired) electrons. The molecule has 0 aromatic heterocycles. The first-order valence-corrected chi connectivity index (χ1v) is 10.2. The second-order valence-electron chi connectivity index (χ2n) is 6.98. The second kappa shape index (κ2) is 11.8. The molecule has 2 N–H and O–H groups in total. The van der Waals surface area contributed by atoms with Crippen molar-refractivity contribution >= 4 is 23.8 Å². The lowest BCUT2D eigenvalue weighted by atomic mass is 10.1. The molecule has 0 bridgehead atoms. The molecule has 0 fully saturated rings. The molecule has 0 saturated carbocycles. The molecule has 0 aliphatic rings. The Morgan fingerprint density at radius 3 is 2.43 bits per heavy atom. The van der Waals surface area contributed by atoms with Gasteiger partial charge in [0.25, 0.3) is 5.91 Å². The topological polar surface area (TPSA) is 150 Å². The van der Waals surface area contributed by atoms with Crippen LogP contribution in [-0.4, -0.2) is 41.8 Å². The molecule has 3 rings (SSSR count). The number of benzene rings is 3. The number of amides is 1. The van der Waals surface area contributed by atoms with E-state index in [1.165, 1.54) is 43.7 Å². The Bertz CT molecular complexity index is 1240. The molecule has 3 aromatic rings. The number of nitrogens with one attached hydrogen (secondary N) is 1. The van der Waals surface area contributed by atoms with Gasteiger partial charge in [0.05, 0.1) is 23.8 Å². The Morgan fingerprint density at radius 2 is 1.74 bits per heavy atom. The van der Waals surface area contributed by atoms with Gasteiger partial charge in [-0.25, -0.2) is 10.2 Å². The van der Waals surface area contributed by atoms with Gasteiger partial charge in [-0.2, -0.15) is 5.10 Å². The van der Waals surface area contributed by atoms with Gasteiger partial charge in [0.1, 0.15) is 6.61 Å². The third-order valence-electron chi connectivity index (χ3n) is 4.63. The molecular formula is C24H21N3O8. The maximum absolute atomic E-state index is 12.1. The normalized spacial score (nSPS) is 10.5. The highest BCUT2D eigenvalue weighted by Gasteiger charge is 2.15. The van der Waals surface area contributed by atoms with E-state index in [0.717, 1.165) is 5.56 Å². The van der Waals surface area contributed by atoms with Crippen molar-refractivity contribution in [2.75, 3.05) is 13.7 Å². The highest BCUT2D eigenvalue weighted by molar-refractivity contribution is 5.88. The van der Waals surface area contributed by atoms with E-state index in [-0.39, 0.29) is 23.6 Å². The lowest BCUT2D eigenvalue weighted by Crippen LogP contribution is -2.24. The maximum atomic E-state index is 12.1. The number of hydrazone groups is 1. The highest BCUT2D eigenvalue weighted by atomic mass is 16.6. The molecule has 11 nitrogen and oxygen atoms in total. The summed E-state index contributed by atoms with van der Waals surface area (Å²) in [6, 6.07) is 17.1. The molecule has 35 heavy (non-hydrogen) atoms. The maximum Gasteiger partial charge on any atom is 0.335 e. The Labute approximate surface area is 199 Å². The summed E-state index contributed by atoms with van der Waals surface area (Å²) in [7, 11) is 1.48. The van der Waals surface area contributed by atoms with Crippen LogP contribution in [0.5, 0.6) is 17.2 Å². The molecule has 0 saturated heterocycles. The number of carboxylic acids is 1. The molecule has 0 aliphatic heterocycles. The summed E-state index contributed by atoms with van der Waals surface area (Å²) in [6.45, 7) is -0.340. The first kappa shape index (κ1) is 24.7. The number of aromatic carboxylic acids is 1. The molecule has 0 spiro atoms. The number of para-hydroxylation sites is 3. The summed E-state index contributed by atoms with van der Waals surface area (Å²) >= 11 is 0. The molecule has 3 aromatic carbocycles. The zero-order valence-corrected chi connectivity index (χ0v) is 18.5.